The summed E-state index contributed by atoms with van der Waals surface area (Å²) in [7, 11) is 8.09. The van der Waals surface area contributed by atoms with Crippen molar-refractivity contribution in [1.82, 2.24) is 9.80 Å². The van der Waals surface area contributed by atoms with Gasteiger partial charge in [-0.3, -0.25) is 0 Å². The van der Waals surface area contributed by atoms with Crippen molar-refractivity contribution in [2.24, 2.45) is 0 Å². The monoisotopic (exact) mass is 212 g/mol. The van der Waals surface area contributed by atoms with Crippen LogP contribution in [0.3, 0.4) is 0 Å². The second-order valence-electron chi connectivity index (χ2n) is 3.85. The van der Waals surface area contributed by atoms with Gasteiger partial charge in [-0.1, -0.05) is 13.8 Å². The maximum absolute atomic E-state index is 5.45. The molecule has 0 saturated carbocycles. The summed E-state index contributed by atoms with van der Waals surface area (Å²) in [6.45, 7) is 4.23. The van der Waals surface area contributed by atoms with E-state index < -0.39 is 0 Å². The highest BCUT2D eigenvalue weighted by atomic mass is 16.5. The first-order valence-corrected chi connectivity index (χ1v) is 5.41. The SMILES string of the molecule is CCC(=COC=C(CC)N(C)C)N(C)C. The highest BCUT2D eigenvalue weighted by Crippen LogP contribution is 2.07. The molecule has 0 spiro atoms. The Balaban J connectivity index is 4.35. The van der Waals surface area contributed by atoms with Crippen LogP contribution in [0.5, 0.6) is 0 Å². The lowest BCUT2D eigenvalue weighted by Gasteiger charge is -2.16. The molecule has 88 valence electrons. The Morgan fingerprint density at radius 3 is 1.40 bits per heavy atom. The minimum atomic E-state index is 0.976. The normalized spacial score (nSPS) is 12.7. The van der Waals surface area contributed by atoms with Gasteiger partial charge in [-0.25, -0.2) is 0 Å². The average Bonchev–Trinajstić information content (AvgIpc) is 2.17. The lowest BCUT2D eigenvalue weighted by molar-refractivity contribution is 0.345. The van der Waals surface area contributed by atoms with Crippen LogP contribution in [0.1, 0.15) is 26.7 Å². The van der Waals surface area contributed by atoms with Gasteiger partial charge in [-0.15, -0.1) is 0 Å². The van der Waals surface area contributed by atoms with Crippen molar-refractivity contribution in [3.8, 4) is 0 Å². The Kier molecular flexibility index (Phi) is 6.67. The van der Waals surface area contributed by atoms with E-state index in [2.05, 4.69) is 23.6 Å². The third-order valence-corrected chi connectivity index (χ3v) is 2.28. The van der Waals surface area contributed by atoms with Gasteiger partial charge in [0.1, 0.15) is 12.5 Å². The van der Waals surface area contributed by atoms with Gasteiger partial charge in [0, 0.05) is 39.6 Å². The molecule has 0 aliphatic carbocycles. The summed E-state index contributed by atoms with van der Waals surface area (Å²) in [5.41, 5.74) is 2.36. The zero-order valence-electron chi connectivity index (χ0n) is 10.9. The Morgan fingerprint density at radius 2 is 1.20 bits per heavy atom. The van der Waals surface area contributed by atoms with E-state index in [-0.39, 0.29) is 0 Å². The second kappa shape index (κ2) is 7.21. The van der Waals surface area contributed by atoms with Gasteiger partial charge >= 0.3 is 0 Å². The third kappa shape index (κ3) is 5.35. The minimum absolute atomic E-state index is 0.976. The van der Waals surface area contributed by atoms with Crippen molar-refractivity contribution in [2.75, 3.05) is 28.2 Å². The molecule has 0 N–H and O–H groups in total. The fourth-order valence-corrected chi connectivity index (χ4v) is 1.20. The van der Waals surface area contributed by atoms with Crippen LogP contribution in [-0.2, 0) is 4.74 Å². The van der Waals surface area contributed by atoms with E-state index in [1.54, 1.807) is 12.5 Å². The van der Waals surface area contributed by atoms with Crippen molar-refractivity contribution in [3.05, 3.63) is 23.9 Å². The van der Waals surface area contributed by atoms with E-state index in [0.717, 1.165) is 12.8 Å². The van der Waals surface area contributed by atoms with Crippen LogP contribution in [0, 0.1) is 0 Å². The number of nitrogens with zero attached hydrogens (tertiary/aromatic N) is 2. The van der Waals surface area contributed by atoms with Crippen LogP contribution in [-0.4, -0.2) is 38.0 Å². The molecule has 0 atom stereocenters. The van der Waals surface area contributed by atoms with Crippen molar-refractivity contribution < 1.29 is 4.74 Å². The second-order valence-corrected chi connectivity index (χ2v) is 3.85. The fraction of sp³-hybridized carbons (Fsp3) is 0.667. The topological polar surface area (TPSA) is 15.7 Å². The average molecular weight is 212 g/mol. The molecule has 0 aromatic heterocycles. The van der Waals surface area contributed by atoms with E-state index in [0.29, 0.717) is 0 Å². The van der Waals surface area contributed by atoms with Crippen LogP contribution in [0.15, 0.2) is 23.9 Å². The highest BCUT2D eigenvalue weighted by Gasteiger charge is 1.97. The summed E-state index contributed by atoms with van der Waals surface area (Å²) < 4.78 is 5.45. The molecule has 0 saturated heterocycles. The molecule has 3 nitrogen and oxygen atoms in total. The van der Waals surface area contributed by atoms with Crippen molar-refractivity contribution in [3.63, 3.8) is 0 Å². The van der Waals surface area contributed by atoms with Crippen LogP contribution in [0.25, 0.3) is 0 Å². The smallest absolute Gasteiger partial charge is 0.109 e. The molecule has 0 radical (unpaired) electrons. The van der Waals surface area contributed by atoms with Crippen molar-refractivity contribution in [2.45, 2.75) is 26.7 Å². The summed E-state index contributed by atoms with van der Waals surface area (Å²) in [5, 5.41) is 0. The van der Waals surface area contributed by atoms with Gasteiger partial charge in [-0.2, -0.15) is 0 Å². The van der Waals surface area contributed by atoms with Crippen molar-refractivity contribution >= 4 is 0 Å². The predicted molar refractivity (Wildman–Crippen MR) is 65.2 cm³/mol. The summed E-state index contributed by atoms with van der Waals surface area (Å²) in [5.74, 6) is 0. The lowest BCUT2D eigenvalue weighted by atomic mass is 10.3. The van der Waals surface area contributed by atoms with Gasteiger partial charge in [0.25, 0.3) is 0 Å². The Hall–Kier alpha value is -1.12. The maximum Gasteiger partial charge on any atom is 0.109 e. The van der Waals surface area contributed by atoms with E-state index in [9.17, 15) is 0 Å². The molecule has 0 aliphatic heterocycles. The number of hydrogen-bond acceptors (Lipinski definition) is 3. The van der Waals surface area contributed by atoms with Gasteiger partial charge in [-0.05, 0) is 12.8 Å². The zero-order valence-corrected chi connectivity index (χ0v) is 10.9. The molecule has 15 heavy (non-hydrogen) atoms. The van der Waals surface area contributed by atoms with Crippen molar-refractivity contribution in [1.29, 1.82) is 0 Å². The van der Waals surface area contributed by atoms with Crippen LogP contribution >= 0.6 is 0 Å². The first kappa shape index (κ1) is 13.9. The van der Waals surface area contributed by atoms with Gasteiger partial charge in [0.15, 0.2) is 0 Å². The standard InChI is InChI=1S/C12H24N2O/c1-7-11(13(3)4)9-15-10-12(8-2)14(5)6/h9-10H,7-8H2,1-6H3. The fourth-order valence-electron chi connectivity index (χ4n) is 1.20. The highest BCUT2D eigenvalue weighted by molar-refractivity contribution is 4.98. The molecular formula is C12H24N2O. The Bertz CT molecular complexity index is 206. The van der Waals surface area contributed by atoms with Gasteiger partial charge in [0.2, 0.25) is 0 Å². The maximum atomic E-state index is 5.45. The molecule has 0 rings (SSSR count). The number of allylic oxidation sites excluding steroid dienone is 2. The van der Waals surface area contributed by atoms with Gasteiger partial charge < -0.3 is 14.5 Å². The molecule has 0 fully saturated rings. The Morgan fingerprint density at radius 1 is 0.867 bits per heavy atom. The van der Waals surface area contributed by atoms with E-state index in [1.165, 1.54) is 11.4 Å². The van der Waals surface area contributed by atoms with Crippen LogP contribution < -0.4 is 0 Å². The molecule has 3 heteroatoms. The molecule has 0 bridgehead atoms. The molecule has 0 unspecified atom stereocenters. The lowest BCUT2D eigenvalue weighted by Crippen LogP contribution is -2.11. The number of rotatable bonds is 6. The quantitative estimate of drug-likeness (QED) is 0.629. The zero-order chi connectivity index (χ0) is 11.8. The summed E-state index contributed by atoms with van der Waals surface area (Å²) in [6.07, 6.45) is 5.56. The number of ether oxygens (including phenoxy) is 1. The molecule has 0 aromatic rings. The van der Waals surface area contributed by atoms with E-state index in [4.69, 9.17) is 4.74 Å². The summed E-state index contributed by atoms with van der Waals surface area (Å²) in [6, 6.07) is 0. The number of hydrogen-bond donors (Lipinski definition) is 0. The van der Waals surface area contributed by atoms with Gasteiger partial charge in [0.05, 0.1) is 0 Å². The molecule has 0 aliphatic rings. The predicted octanol–water partition coefficient (Wildman–Crippen LogP) is 2.63. The summed E-state index contributed by atoms with van der Waals surface area (Å²) >= 11 is 0. The molecule has 0 heterocycles. The van der Waals surface area contributed by atoms with Crippen LogP contribution in [0.4, 0.5) is 0 Å². The molecular weight excluding hydrogens is 188 g/mol. The minimum Gasteiger partial charge on any atom is -0.469 e. The first-order valence-electron chi connectivity index (χ1n) is 5.41. The largest absolute Gasteiger partial charge is 0.469 e. The summed E-state index contributed by atoms with van der Waals surface area (Å²) in [4.78, 5) is 4.13. The third-order valence-electron chi connectivity index (χ3n) is 2.28. The molecule has 0 aromatic carbocycles. The van der Waals surface area contributed by atoms with E-state index in [1.807, 2.05) is 28.2 Å². The Labute approximate surface area is 94.0 Å². The molecule has 0 amide bonds. The van der Waals surface area contributed by atoms with E-state index >= 15 is 0 Å². The van der Waals surface area contributed by atoms with Crippen LogP contribution in [0.2, 0.25) is 0 Å². The first-order chi connectivity index (χ1) is 7.02.